The number of hydrogen-bond acceptors (Lipinski definition) is 2. The van der Waals surface area contributed by atoms with E-state index in [2.05, 4.69) is 32.3 Å². The van der Waals surface area contributed by atoms with Crippen LogP contribution >= 0.6 is 17.3 Å². The highest BCUT2D eigenvalue weighted by Gasteiger charge is 2.49. The van der Waals surface area contributed by atoms with Crippen molar-refractivity contribution in [1.82, 2.24) is 9.57 Å². The number of nitrogens with zero attached hydrogens (tertiary/aromatic N) is 2. The van der Waals surface area contributed by atoms with E-state index in [1.807, 2.05) is 6.92 Å². The highest BCUT2D eigenvalue weighted by Crippen LogP contribution is 2.43. The topological polar surface area (TPSA) is 23.6 Å². The fourth-order valence-electron chi connectivity index (χ4n) is 2.92. The molecule has 16 heavy (non-hydrogen) atoms. The Morgan fingerprint density at radius 3 is 2.69 bits per heavy atom. The number of fused-ring (bicyclic) bond motifs is 1. The van der Waals surface area contributed by atoms with Gasteiger partial charge in [-0.25, -0.2) is 0 Å². The van der Waals surface area contributed by atoms with Gasteiger partial charge in [0.1, 0.15) is 0 Å². The van der Waals surface area contributed by atoms with E-state index >= 15 is 0 Å². The van der Waals surface area contributed by atoms with E-state index in [0.29, 0.717) is 0 Å². The second-order valence-electron chi connectivity index (χ2n) is 4.64. The van der Waals surface area contributed by atoms with E-state index in [-0.39, 0.29) is 11.4 Å². The molecule has 0 N–H and O–H groups in total. The summed E-state index contributed by atoms with van der Waals surface area (Å²) in [7, 11) is 3.57. The van der Waals surface area contributed by atoms with E-state index in [1.165, 1.54) is 5.57 Å². The largest absolute Gasteiger partial charge is 0.327 e. The quantitative estimate of drug-likeness (QED) is 0.707. The molecule has 3 nitrogen and oxygen atoms in total. The van der Waals surface area contributed by atoms with Crippen LogP contribution in [0.5, 0.6) is 0 Å². The molecule has 1 amide bonds. The maximum atomic E-state index is 12.2. The molecule has 90 valence electrons. The van der Waals surface area contributed by atoms with Crippen LogP contribution in [0.3, 0.4) is 0 Å². The molecule has 0 spiro atoms. The van der Waals surface area contributed by atoms with E-state index < -0.39 is 0 Å². The fraction of sp³-hybridized carbons (Fsp3) is 0.727. The summed E-state index contributed by atoms with van der Waals surface area (Å²) in [4.78, 5) is 14.3. The standard InChI is InChI=1S/C11H20N2OP2/c1-4-11-7-12(16-15)5-6-13(11)10(14)8(2)9(11)3/h16H,4-7,15H2,1-3H3. The molecule has 1 fully saturated rings. The third-order valence-electron chi connectivity index (χ3n) is 4.16. The second kappa shape index (κ2) is 4.37. The van der Waals surface area contributed by atoms with Gasteiger partial charge in [0.2, 0.25) is 5.91 Å². The Labute approximate surface area is 102 Å². The fourth-order valence-corrected chi connectivity index (χ4v) is 4.16. The highest BCUT2D eigenvalue weighted by molar-refractivity contribution is 8.01. The predicted octanol–water partition coefficient (Wildman–Crippen LogP) is 2.01. The number of rotatable bonds is 2. The minimum Gasteiger partial charge on any atom is -0.327 e. The van der Waals surface area contributed by atoms with Crippen LogP contribution in [0, 0.1) is 0 Å². The van der Waals surface area contributed by atoms with Crippen LogP contribution in [0.15, 0.2) is 11.1 Å². The summed E-state index contributed by atoms with van der Waals surface area (Å²) in [5, 5.41) is 0. The maximum Gasteiger partial charge on any atom is 0.250 e. The highest BCUT2D eigenvalue weighted by atomic mass is 32.0. The molecule has 3 atom stereocenters. The molecule has 2 aliphatic heterocycles. The second-order valence-corrected chi connectivity index (χ2v) is 6.31. The molecular weight excluding hydrogens is 238 g/mol. The van der Waals surface area contributed by atoms with Crippen LogP contribution in [0.1, 0.15) is 27.2 Å². The normalized spacial score (nSPS) is 32.0. The number of amides is 1. The minimum absolute atomic E-state index is 0.0109. The van der Waals surface area contributed by atoms with Crippen molar-refractivity contribution in [2.24, 2.45) is 0 Å². The molecule has 0 aliphatic carbocycles. The molecule has 2 heterocycles. The van der Waals surface area contributed by atoms with Gasteiger partial charge < -0.3 is 4.90 Å². The van der Waals surface area contributed by atoms with Gasteiger partial charge in [-0.1, -0.05) is 15.9 Å². The van der Waals surface area contributed by atoms with Gasteiger partial charge in [-0.3, -0.25) is 9.46 Å². The average Bonchev–Trinajstić information content (AvgIpc) is 2.52. The molecule has 0 radical (unpaired) electrons. The summed E-state index contributed by atoms with van der Waals surface area (Å²) in [5.74, 6) is 0.256. The van der Waals surface area contributed by atoms with Crippen LogP contribution in [0.4, 0.5) is 0 Å². The molecule has 1 saturated heterocycles. The molecule has 0 aromatic carbocycles. The van der Waals surface area contributed by atoms with Gasteiger partial charge in [0.05, 0.1) is 5.54 Å². The first-order chi connectivity index (χ1) is 7.56. The summed E-state index contributed by atoms with van der Waals surface area (Å²) in [6, 6.07) is 0. The van der Waals surface area contributed by atoms with E-state index in [9.17, 15) is 4.79 Å². The molecule has 2 aliphatic rings. The van der Waals surface area contributed by atoms with Gasteiger partial charge in [-0.15, -0.1) is 0 Å². The molecular formula is C11H20N2OP2. The van der Waals surface area contributed by atoms with E-state index in [4.69, 9.17) is 0 Å². The first-order valence-corrected chi connectivity index (χ1v) is 8.53. The number of hydrogen-bond donors (Lipinski definition) is 0. The lowest BCUT2D eigenvalue weighted by molar-refractivity contribution is -0.131. The Morgan fingerprint density at radius 2 is 2.12 bits per heavy atom. The predicted molar refractivity (Wildman–Crippen MR) is 72.7 cm³/mol. The Hall–Kier alpha value is 0.0300. The molecule has 0 aromatic rings. The summed E-state index contributed by atoms with van der Waals surface area (Å²) < 4.78 is 2.44. The molecule has 0 saturated carbocycles. The van der Waals surface area contributed by atoms with Crippen molar-refractivity contribution in [2.45, 2.75) is 32.7 Å². The summed E-state index contributed by atoms with van der Waals surface area (Å²) >= 11 is 0. The number of piperazine rings is 1. The number of carbonyl (C=O) groups is 1. The van der Waals surface area contributed by atoms with Crippen molar-refractivity contribution in [3.63, 3.8) is 0 Å². The lowest BCUT2D eigenvalue weighted by atomic mass is 9.86. The smallest absolute Gasteiger partial charge is 0.250 e. The van der Waals surface area contributed by atoms with Gasteiger partial charge in [0.15, 0.2) is 0 Å². The van der Waals surface area contributed by atoms with E-state index in [1.54, 1.807) is 0 Å². The summed E-state index contributed by atoms with van der Waals surface area (Å²) in [6.07, 6.45) is 1.02. The minimum atomic E-state index is -0.0109. The SMILES string of the molecule is CCC12CN(PP)CCN1C(=O)C(C)=C2C. The summed E-state index contributed by atoms with van der Waals surface area (Å²) in [5.41, 5.74) is 2.24. The van der Waals surface area contributed by atoms with Gasteiger partial charge in [-0.05, 0) is 34.3 Å². The Balaban J connectivity index is 2.38. The van der Waals surface area contributed by atoms with Crippen molar-refractivity contribution in [2.75, 3.05) is 19.6 Å². The molecule has 0 aromatic heterocycles. The van der Waals surface area contributed by atoms with Gasteiger partial charge in [-0.2, -0.15) is 0 Å². The Morgan fingerprint density at radius 1 is 1.44 bits per heavy atom. The maximum absolute atomic E-state index is 12.2. The lowest BCUT2D eigenvalue weighted by Crippen LogP contribution is -2.59. The third kappa shape index (κ3) is 1.56. The monoisotopic (exact) mass is 258 g/mol. The first-order valence-electron chi connectivity index (χ1n) is 5.78. The van der Waals surface area contributed by atoms with Crippen molar-refractivity contribution >= 4 is 23.3 Å². The van der Waals surface area contributed by atoms with Crippen molar-refractivity contribution in [3.05, 3.63) is 11.1 Å². The molecule has 3 unspecified atom stereocenters. The van der Waals surface area contributed by atoms with Crippen molar-refractivity contribution in [1.29, 1.82) is 0 Å². The van der Waals surface area contributed by atoms with Crippen LogP contribution in [0.2, 0.25) is 0 Å². The van der Waals surface area contributed by atoms with Crippen LogP contribution < -0.4 is 0 Å². The molecule has 2 rings (SSSR count). The Bertz CT molecular complexity index is 356. The van der Waals surface area contributed by atoms with Gasteiger partial charge in [0.25, 0.3) is 0 Å². The van der Waals surface area contributed by atoms with Crippen molar-refractivity contribution < 1.29 is 4.79 Å². The van der Waals surface area contributed by atoms with Crippen LogP contribution in [-0.2, 0) is 4.79 Å². The van der Waals surface area contributed by atoms with Crippen LogP contribution in [0.25, 0.3) is 0 Å². The third-order valence-corrected chi connectivity index (χ3v) is 6.00. The van der Waals surface area contributed by atoms with Gasteiger partial charge in [0, 0.05) is 25.2 Å². The Kier molecular flexibility index (Phi) is 3.41. The van der Waals surface area contributed by atoms with E-state index in [0.717, 1.165) is 40.0 Å². The molecule has 0 bridgehead atoms. The van der Waals surface area contributed by atoms with Crippen molar-refractivity contribution in [3.8, 4) is 0 Å². The zero-order valence-electron chi connectivity index (χ0n) is 10.2. The molecule has 5 heteroatoms. The zero-order chi connectivity index (χ0) is 11.9. The summed E-state index contributed by atoms with van der Waals surface area (Å²) in [6.45, 7) is 9.18. The zero-order valence-corrected chi connectivity index (χ0v) is 12.4. The van der Waals surface area contributed by atoms with Crippen LogP contribution in [-0.4, -0.2) is 40.7 Å². The average molecular weight is 258 g/mol. The lowest BCUT2D eigenvalue weighted by Gasteiger charge is -2.47. The first kappa shape index (κ1) is 12.5. The van der Waals surface area contributed by atoms with Gasteiger partial charge >= 0.3 is 0 Å². The number of carbonyl (C=O) groups excluding carboxylic acids is 1.